The minimum Gasteiger partial charge on any atom is -0.493 e. The van der Waals surface area contributed by atoms with Crippen LogP contribution in [0.5, 0.6) is 11.5 Å². The van der Waals surface area contributed by atoms with Gasteiger partial charge in [0.05, 0.1) is 29.3 Å². The highest BCUT2D eigenvalue weighted by Crippen LogP contribution is 2.36. The molecule has 0 saturated carbocycles. The number of para-hydroxylation sites is 1. The first-order valence-corrected chi connectivity index (χ1v) is 12.1. The van der Waals surface area contributed by atoms with Gasteiger partial charge in [-0.15, -0.1) is 0 Å². The summed E-state index contributed by atoms with van der Waals surface area (Å²) in [5.74, 6) is 1.05. The van der Waals surface area contributed by atoms with Gasteiger partial charge < -0.3 is 9.47 Å². The van der Waals surface area contributed by atoms with Crippen molar-refractivity contribution in [2.45, 2.75) is 20.0 Å². The fraction of sp³-hybridized carbons (Fsp3) is 0.179. The van der Waals surface area contributed by atoms with Crippen LogP contribution < -0.4 is 9.47 Å². The first-order valence-electron chi connectivity index (χ1n) is 11.3. The van der Waals surface area contributed by atoms with Crippen LogP contribution in [0.25, 0.3) is 6.08 Å². The number of carbonyl (C=O) groups excluding carboxylic acids is 1. The predicted molar refractivity (Wildman–Crippen MR) is 140 cm³/mol. The summed E-state index contributed by atoms with van der Waals surface area (Å²) in [6, 6.07) is 24.7. The van der Waals surface area contributed by atoms with E-state index in [0.29, 0.717) is 33.7 Å². The number of methoxy groups -OCH3 is 1. The molecule has 1 heterocycles. The summed E-state index contributed by atoms with van der Waals surface area (Å²) in [6.07, 6.45) is 2.68. The molecule has 3 aromatic rings. The van der Waals surface area contributed by atoms with Gasteiger partial charge in [-0.1, -0.05) is 49.4 Å². The molecule has 1 saturated heterocycles. The van der Waals surface area contributed by atoms with Gasteiger partial charge >= 0.3 is 0 Å². The molecule has 6 nitrogen and oxygen atoms in total. The van der Waals surface area contributed by atoms with E-state index in [1.807, 2.05) is 79.7 Å². The highest BCUT2D eigenvalue weighted by Gasteiger charge is 2.32. The molecule has 7 heteroatoms. The maximum atomic E-state index is 13.1. The molecule has 4 rings (SSSR count). The number of rotatable bonds is 8. The summed E-state index contributed by atoms with van der Waals surface area (Å²) in [5, 5.41) is 9.96. The van der Waals surface area contributed by atoms with Crippen LogP contribution in [-0.4, -0.2) is 29.6 Å². The average molecular weight is 484 g/mol. The molecule has 35 heavy (non-hydrogen) atoms. The zero-order valence-corrected chi connectivity index (χ0v) is 20.4. The van der Waals surface area contributed by atoms with Crippen molar-refractivity contribution in [2.75, 3.05) is 13.7 Å². The zero-order chi connectivity index (χ0) is 24.6. The third-order valence-electron chi connectivity index (χ3n) is 5.32. The monoisotopic (exact) mass is 483 g/mol. The molecule has 0 unspecified atom stereocenters. The molecule has 0 N–H and O–H groups in total. The minimum atomic E-state index is -0.0565. The zero-order valence-electron chi connectivity index (χ0n) is 19.6. The summed E-state index contributed by atoms with van der Waals surface area (Å²) < 4.78 is 11.5. The van der Waals surface area contributed by atoms with Gasteiger partial charge in [0.2, 0.25) is 0 Å². The van der Waals surface area contributed by atoms with Crippen LogP contribution in [0, 0.1) is 11.3 Å². The van der Waals surface area contributed by atoms with Crippen LogP contribution in [0.4, 0.5) is 5.69 Å². The summed E-state index contributed by atoms with van der Waals surface area (Å²) in [5.41, 5.74) is 3.01. The summed E-state index contributed by atoms with van der Waals surface area (Å²) >= 11 is 1.37. The van der Waals surface area contributed by atoms with Crippen LogP contribution in [0.15, 0.2) is 82.7 Å². The molecule has 0 aliphatic carbocycles. The number of nitriles is 1. The second kappa shape index (κ2) is 11.4. The average Bonchev–Trinajstić information content (AvgIpc) is 3.17. The fourth-order valence-electron chi connectivity index (χ4n) is 3.58. The van der Waals surface area contributed by atoms with E-state index < -0.39 is 0 Å². The van der Waals surface area contributed by atoms with Crippen molar-refractivity contribution >= 4 is 34.6 Å². The Morgan fingerprint density at radius 2 is 1.83 bits per heavy atom. The molecule has 1 fully saturated rings. The van der Waals surface area contributed by atoms with Crippen molar-refractivity contribution in [1.82, 2.24) is 4.90 Å². The molecule has 1 aliphatic heterocycles. The molecule has 1 aliphatic rings. The Morgan fingerprint density at radius 1 is 1.06 bits per heavy atom. The van der Waals surface area contributed by atoms with Crippen molar-refractivity contribution in [3.05, 3.63) is 94.4 Å². The van der Waals surface area contributed by atoms with Crippen molar-refractivity contribution < 1.29 is 14.3 Å². The SMILES string of the molecule is CCCN1C(=O)/C(=C\c2ccc(OCc3ccccc3C#N)c(OC)c2)SC1=Nc1ccccc1. The van der Waals surface area contributed by atoms with Crippen LogP contribution >= 0.6 is 11.8 Å². The standard InChI is InChI=1S/C28H25N3O3S/c1-3-15-31-27(32)26(35-28(31)30-23-11-5-4-6-12-23)17-20-13-14-24(25(16-20)33-2)34-19-22-10-8-7-9-21(22)18-29/h4-14,16-17H,3,15,19H2,1-2H3/b26-17+,30-28?. The summed E-state index contributed by atoms with van der Waals surface area (Å²) in [4.78, 5) is 20.1. The van der Waals surface area contributed by atoms with Crippen molar-refractivity contribution in [2.24, 2.45) is 4.99 Å². The molecule has 1 amide bonds. The van der Waals surface area contributed by atoms with E-state index >= 15 is 0 Å². The van der Waals surface area contributed by atoms with Gasteiger partial charge in [0.15, 0.2) is 16.7 Å². The van der Waals surface area contributed by atoms with Gasteiger partial charge in [-0.3, -0.25) is 9.69 Å². The predicted octanol–water partition coefficient (Wildman–Crippen LogP) is 6.16. The van der Waals surface area contributed by atoms with E-state index in [1.165, 1.54) is 11.8 Å². The summed E-state index contributed by atoms with van der Waals surface area (Å²) in [7, 11) is 1.57. The Bertz CT molecular complexity index is 1310. The quantitative estimate of drug-likeness (QED) is 0.359. The topological polar surface area (TPSA) is 74.9 Å². The van der Waals surface area contributed by atoms with E-state index in [-0.39, 0.29) is 12.5 Å². The van der Waals surface area contributed by atoms with Crippen LogP contribution in [0.3, 0.4) is 0 Å². The molecule has 0 aromatic heterocycles. The lowest BCUT2D eigenvalue weighted by molar-refractivity contribution is -0.122. The lowest BCUT2D eigenvalue weighted by Crippen LogP contribution is -2.29. The molecule has 176 valence electrons. The Hall–Kier alpha value is -4.02. The van der Waals surface area contributed by atoms with Crippen LogP contribution in [0.2, 0.25) is 0 Å². The van der Waals surface area contributed by atoms with Gasteiger partial charge in [-0.2, -0.15) is 5.26 Å². The van der Waals surface area contributed by atoms with E-state index in [0.717, 1.165) is 23.2 Å². The van der Waals surface area contributed by atoms with Gasteiger partial charge in [0.25, 0.3) is 5.91 Å². The molecule has 0 bridgehead atoms. The second-order valence-electron chi connectivity index (χ2n) is 7.77. The highest BCUT2D eigenvalue weighted by molar-refractivity contribution is 8.18. The number of aliphatic imine (C=N–C) groups is 1. The molecular formula is C28H25N3O3S. The molecule has 0 spiro atoms. The second-order valence-corrected chi connectivity index (χ2v) is 8.77. The van der Waals surface area contributed by atoms with Gasteiger partial charge in [0.1, 0.15) is 6.61 Å². The lowest BCUT2D eigenvalue weighted by atomic mass is 10.1. The van der Waals surface area contributed by atoms with Crippen LogP contribution in [0.1, 0.15) is 30.0 Å². The Balaban J connectivity index is 1.56. The maximum Gasteiger partial charge on any atom is 0.266 e. The molecule has 0 atom stereocenters. The normalized spacial score (nSPS) is 15.5. The summed E-state index contributed by atoms with van der Waals surface area (Å²) in [6.45, 7) is 2.90. The maximum absolute atomic E-state index is 13.1. The van der Waals surface area contributed by atoms with Gasteiger partial charge in [-0.05, 0) is 60.2 Å². The number of benzene rings is 3. The Labute approximate surface area is 209 Å². The van der Waals surface area contributed by atoms with Crippen molar-refractivity contribution in [3.8, 4) is 17.6 Å². The molecule has 0 radical (unpaired) electrons. The van der Waals surface area contributed by atoms with E-state index in [1.54, 1.807) is 18.1 Å². The fourth-order valence-corrected chi connectivity index (χ4v) is 4.61. The molecular weight excluding hydrogens is 458 g/mol. The third-order valence-corrected chi connectivity index (χ3v) is 6.33. The van der Waals surface area contributed by atoms with Gasteiger partial charge in [0, 0.05) is 12.1 Å². The number of hydrogen-bond acceptors (Lipinski definition) is 6. The van der Waals surface area contributed by atoms with Crippen molar-refractivity contribution in [1.29, 1.82) is 5.26 Å². The number of ether oxygens (including phenoxy) is 2. The number of amides is 1. The third kappa shape index (κ3) is 5.73. The number of carbonyl (C=O) groups is 1. The lowest BCUT2D eigenvalue weighted by Gasteiger charge is -2.14. The first kappa shape index (κ1) is 24.1. The highest BCUT2D eigenvalue weighted by atomic mass is 32.2. The number of amidine groups is 1. The van der Waals surface area contributed by atoms with Crippen molar-refractivity contribution in [3.63, 3.8) is 0 Å². The largest absolute Gasteiger partial charge is 0.493 e. The number of thioether (sulfide) groups is 1. The number of nitrogens with zero attached hydrogens (tertiary/aromatic N) is 3. The molecule has 3 aromatic carbocycles. The van der Waals surface area contributed by atoms with E-state index in [4.69, 9.17) is 14.5 Å². The Morgan fingerprint density at radius 3 is 2.57 bits per heavy atom. The minimum absolute atomic E-state index is 0.0565. The van der Waals surface area contributed by atoms with E-state index in [9.17, 15) is 10.1 Å². The van der Waals surface area contributed by atoms with Crippen LogP contribution in [-0.2, 0) is 11.4 Å². The van der Waals surface area contributed by atoms with Gasteiger partial charge in [-0.25, -0.2) is 4.99 Å². The van der Waals surface area contributed by atoms with E-state index in [2.05, 4.69) is 6.07 Å². The Kier molecular flexibility index (Phi) is 7.86. The smallest absolute Gasteiger partial charge is 0.266 e. The first-order chi connectivity index (χ1) is 17.1. The number of hydrogen-bond donors (Lipinski definition) is 0.